The Morgan fingerprint density at radius 2 is 2.19 bits per heavy atom. The lowest BCUT2D eigenvalue weighted by molar-refractivity contribution is -0.132. The summed E-state index contributed by atoms with van der Waals surface area (Å²) >= 11 is 0. The van der Waals surface area contributed by atoms with Crippen LogP contribution < -0.4 is 5.32 Å². The van der Waals surface area contributed by atoms with Crippen LogP contribution in [0.25, 0.3) is 0 Å². The third kappa shape index (κ3) is 4.14. The molecule has 2 saturated heterocycles. The summed E-state index contributed by atoms with van der Waals surface area (Å²) in [5, 5.41) is 3.02. The Morgan fingerprint density at radius 3 is 3.00 bits per heavy atom. The van der Waals surface area contributed by atoms with Crippen molar-refractivity contribution in [1.82, 2.24) is 15.2 Å². The van der Waals surface area contributed by atoms with Crippen LogP contribution in [0.1, 0.15) is 24.2 Å². The van der Waals surface area contributed by atoms with Gasteiger partial charge < -0.3 is 14.5 Å². The Hall–Kier alpha value is -2.18. The van der Waals surface area contributed by atoms with Gasteiger partial charge in [-0.2, -0.15) is 0 Å². The zero-order valence-corrected chi connectivity index (χ0v) is 14.8. The fourth-order valence-corrected chi connectivity index (χ4v) is 3.92. The van der Waals surface area contributed by atoms with Crippen molar-refractivity contribution >= 4 is 5.91 Å². The monoisotopic (exact) mass is 355 g/mol. The molecule has 0 aromatic carbocycles. The second-order valence-electron chi connectivity index (χ2n) is 7.16. The van der Waals surface area contributed by atoms with Gasteiger partial charge in [-0.05, 0) is 61.6 Å². The molecule has 2 fully saturated rings. The summed E-state index contributed by atoms with van der Waals surface area (Å²) in [7, 11) is 0. The molecule has 1 N–H and O–H groups in total. The van der Waals surface area contributed by atoms with E-state index in [0.717, 1.165) is 44.7 Å². The Bertz CT molecular complexity index is 704. The molecule has 4 rings (SSSR count). The summed E-state index contributed by atoms with van der Waals surface area (Å²) < 4.78 is 11.5. The molecule has 0 aliphatic carbocycles. The van der Waals surface area contributed by atoms with Gasteiger partial charge in [-0.3, -0.25) is 14.7 Å². The molecule has 6 nitrogen and oxygen atoms in total. The minimum absolute atomic E-state index is 0.0195. The smallest absolute Gasteiger partial charge is 0.249 e. The van der Waals surface area contributed by atoms with E-state index in [1.807, 2.05) is 24.3 Å². The molecular weight excluding hydrogens is 330 g/mol. The van der Waals surface area contributed by atoms with Crippen molar-refractivity contribution in [3.05, 3.63) is 54.2 Å². The van der Waals surface area contributed by atoms with Crippen LogP contribution in [0.15, 0.2) is 47.3 Å². The van der Waals surface area contributed by atoms with Crippen LogP contribution in [-0.4, -0.2) is 47.6 Å². The molecule has 138 valence electrons. The second-order valence-corrected chi connectivity index (χ2v) is 7.16. The van der Waals surface area contributed by atoms with Crippen LogP contribution in [-0.2, 0) is 22.5 Å². The van der Waals surface area contributed by atoms with E-state index in [1.165, 1.54) is 5.56 Å². The highest BCUT2D eigenvalue weighted by Crippen LogP contribution is 2.33. The first kappa shape index (κ1) is 17.2. The first-order valence-electron chi connectivity index (χ1n) is 9.35. The molecule has 26 heavy (non-hydrogen) atoms. The van der Waals surface area contributed by atoms with Crippen molar-refractivity contribution in [1.29, 1.82) is 0 Å². The van der Waals surface area contributed by atoms with Crippen LogP contribution in [0.4, 0.5) is 0 Å². The third-order valence-corrected chi connectivity index (χ3v) is 5.35. The number of piperidine rings is 1. The number of nitrogens with one attached hydrogen (secondary N) is 1. The maximum Gasteiger partial charge on any atom is 0.249 e. The third-order valence-electron chi connectivity index (χ3n) is 5.35. The Morgan fingerprint density at radius 1 is 1.31 bits per heavy atom. The first-order chi connectivity index (χ1) is 12.8. The lowest BCUT2D eigenvalue weighted by atomic mass is 9.91. The van der Waals surface area contributed by atoms with Crippen molar-refractivity contribution < 1.29 is 13.9 Å². The zero-order chi connectivity index (χ0) is 17.8. The second kappa shape index (κ2) is 8.01. The molecule has 2 aromatic heterocycles. The van der Waals surface area contributed by atoms with Gasteiger partial charge in [0.25, 0.3) is 0 Å². The van der Waals surface area contributed by atoms with Crippen LogP contribution in [0.5, 0.6) is 0 Å². The van der Waals surface area contributed by atoms with E-state index in [-0.39, 0.29) is 18.1 Å². The SMILES string of the molecule is O=C(NCCc1ccncc1)[C@@H]1C[C@@H]2CCN(Cc3ccco3)C[C@H]2O1. The van der Waals surface area contributed by atoms with Gasteiger partial charge in [-0.1, -0.05) is 0 Å². The number of amides is 1. The quantitative estimate of drug-likeness (QED) is 0.859. The van der Waals surface area contributed by atoms with E-state index in [2.05, 4.69) is 15.2 Å². The molecule has 6 heteroatoms. The lowest BCUT2D eigenvalue weighted by Gasteiger charge is -2.33. The van der Waals surface area contributed by atoms with E-state index < -0.39 is 0 Å². The number of hydrogen-bond donors (Lipinski definition) is 1. The summed E-state index contributed by atoms with van der Waals surface area (Å²) in [4.78, 5) is 18.8. The van der Waals surface area contributed by atoms with Crippen molar-refractivity contribution in [2.24, 2.45) is 5.92 Å². The first-order valence-corrected chi connectivity index (χ1v) is 9.35. The van der Waals surface area contributed by atoms with Crippen LogP contribution in [0, 0.1) is 5.92 Å². The normalized spacial score (nSPS) is 25.8. The average Bonchev–Trinajstić information content (AvgIpc) is 3.32. The summed E-state index contributed by atoms with van der Waals surface area (Å²) in [6, 6.07) is 7.86. The number of aromatic nitrogens is 1. The van der Waals surface area contributed by atoms with Gasteiger partial charge in [0.15, 0.2) is 0 Å². The van der Waals surface area contributed by atoms with Crippen LogP contribution >= 0.6 is 0 Å². The van der Waals surface area contributed by atoms with Gasteiger partial charge in [-0.25, -0.2) is 0 Å². The fraction of sp³-hybridized carbons (Fsp3) is 0.500. The molecule has 2 aliphatic rings. The number of nitrogens with zero attached hydrogens (tertiary/aromatic N) is 2. The van der Waals surface area contributed by atoms with E-state index in [4.69, 9.17) is 9.15 Å². The van der Waals surface area contributed by atoms with Gasteiger partial charge >= 0.3 is 0 Å². The molecule has 2 aromatic rings. The zero-order valence-electron chi connectivity index (χ0n) is 14.8. The van der Waals surface area contributed by atoms with Gasteiger partial charge in [-0.15, -0.1) is 0 Å². The van der Waals surface area contributed by atoms with E-state index >= 15 is 0 Å². The van der Waals surface area contributed by atoms with Gasteiger partial charge in [0, 0.05) is 25.5 Å². The van der Waals surface area contributed by atoms with E-state index in [9.17, 15) is 4.79 Å². The molecule has 2 aliphatic heterocycles. The molecule has 3 atom stereocenters. The Labute approximate surface area is 153 Å². The Kier molecular flexibility index (Phi) is 5.32. The highest BCUT2D eigenvalue weighted by atomic mass is 16.5. The Balaban J connectivity index is 1.23. The summed E-state index contributed by atoms with van der Waals surface area (Å²) in [5.41, 5.74) is 1.18. The van der Waals surface area contributed by atoms with Crippen molar-refractivity contribution in [3.8, 4) is 0 Å². The largest absolute Gasteiger partial charge is 0.468 e. The number of carbonyl (C=O) groups is 1. The number of rotatable bonds is 6. The molecule has 0 radical (unpaired) electrons. The predicted octanol–water partition coefficient (Wildman–Crippen LogP) is 2.01. The lowest BCUT2D eigenvalue weighted by Crippen LogP contribution is -2.42. The molecule has 0 saturated carbocycles. The molecule has 1 amide bonds. The van der Waals surface area contributed by atoms with Gasteiger partial charge in [0.05, 0.1) is 18.9 Å². The van der Waals surface area contributed by atoms with Gasteiger partial charge in [0.2, 0.25) is 5.91 Å². The predicted molar refractivity (Wildman–Crippen MR) is 96.3 cm³/mol. The maximum atomic E-state index is 12.4. The standard InChI is InChI=1S/C20H25N3O3/c24-20(22-9-5-15-3-7-21-8-4-15)18-12-16-6-10-23(14-19(16)26-18)13-17-2-1-11-25-17/h1-4,7-8,11,16,18-19H,5-6,9-10,12-14H2,(H,22,24)/t16-,18-,19+/m0/s1. The average molecular weight is 355 g/mol. The number of hydrogen-bond acceptors (Lipinski definition) is 5. The number of ether oxygens (including phenoxy) is 1. The number of pyridine rings is 1. The highest BCUT2D eigenvalue weighted by Gasteiger charge is 2.41. The number of carbonyl (C=O) groups excluding carboxylic acids is 1. The molecule has 0 bridgehead atoms. The summed E-state index contributed by atoms with van der Waals surface area (Å²) in [6.45, 7) is 3.33. The molecule has 0 unspecified atom stereocenters. The minimum Gasteiger partial charge on any atom is -0.468 e. The number of fused-ring (bicyclic) bond motifs is 1. The maximum absolute atomic E-state index is 12.4. The number of furan rings is 1. The van der Waals surface area contributed by atoms with Crippen LogP contribution in [0.2, 0.25) is 0 Å². The van der Waals surface area contributed by atoms with Crippen molar-refractivity contribution in [2.75, 3.05) is 19.6 Å². The molecule has 4 heterocycles. The topological polar surface area (TPSA) is 67.6 Å². The van der Waals surface area contributed by atoms with Crippen molar-refractivity contribution in [3.63, 3.8) is 0 Å². The molecule has 0 spiro atoms. The van der Waals surface area contributed by atoms with Gasteiger partial charge in [0.1, 0.15) is 11.9 Å². The highest BCUT2D eigenvalue weighted by molar-refractivity contribution is 5.81. The van der Waals surface area contributed by atoms with E-state index in [0.29, 0.717) is 12.5 Å². The van der Waals surface area contributed by atoms with Crippen molar-refractivity contribution in [2.45, 2.75) is 38.0 Å². The summed E-state index contributed by atoms with van der Waals surface area (Å²) in [6.07, 6.45) is 7.81. The van der Waals surface area contributed by atoms with Crippen LogP contribution in [0.3, 0.4) is 0 Å². The fourth-order valence-electron chi connectivity index (χ4n) is 3.92. The number of likely N-dealkylation sites (tertiary alicyclic amines) is 1. The summed E-state index contributed by atoms with van der Waals surface area (Å²) in [5.74, 6) is 1.48. The minimum atomic E-state index is -0.314. The van der Waals surface area contributed by atoms with E-state index in [1.54, 1.807) is 18.7 Å². The molecular formula is C20H25N3O3.